The van der Waals surface area contributed by atoms with Crippen molar-refractivity contribution >= 4 is 17.6 Å². The molecule has 0 heterocycles. The molecule has 0 fully saturated rings. The maximum Gasteiger partial charge on any atom is 0.0725 e. The second-order valence-corrected chi connectivity index (χ2v) is 7.34. The van der Waals surface area contributed by atoms with Gasteiger partial charge in [-0.3, -0.25) is 9.98 Å². The van der Waals surface area contributed by atoms with Gasteiger partial charge in [-0.05, 0) is 69.5 Å². The van der Waals surface area contributed by atoms with Gasteiger partial charge in [-0.25, -0.2) is 0 Å². The molecule has 158 valence electrons. The van der Waals surface area contributed by atoms with Gasteiger partial charge in [0.2, 0.25) is 0 Å². The number of nitrogens with one attached hydrogen (secondary N) is 2. The molecule has 0 radical (unpaired) electrons. The van der Waals surface area contributed by atoms with Crippen molar-refractivity contribution in [2.45, 2.75) is 41.2 Å². The first-order chi connectivity index (χ1) is 14.4. The Morgan fingerprint density at radius 1 is 1.00 bits per heavy atom. The molecule has 0 bridgehead atoms. The fourth-order valence-corrected chi connectivity index (χ4v) is 2.91. The maximum atomic E-state index is 4.96. The van der Waals surface area contributed by atoms with Crippen molar-refractivity contribution in [3.8, 4) is 0 Å². The zero-order valence-electron chi connectivity index (χ0n) is 19.1. The monoisotopic (exact) mass is 402 g/mol. The normalized spacial score (nSPS) is 13.4. The lowest BCUT2D eigenvalue weighted by Gasteiger charge is -2.11. The Kier molecular flexibility index (Phi) is 9.07. The van der Waals surface area contributed by atoms with Crippen molar-refractivity contribution < 1.29 is 0 Å². The van der Waals surface area contributed by atoms with Gasteiger partial charge in [0, 0.05) is 49.0 Å². The Bertz CT molecular complexity index is 947. The van der Waals surface area contributed by atoms with Crippen molar-refractivity contribution in [2.75, 3.05) is 18.9 Å². The van der Waals surface area contributed by atoms with Gasteiger partial charge in [0.05, 0.1) is 5.71 Å². The SMILES string of the molecule is CCN=C/C(C)=C(C)/N=C(/C=C(\C)NCc1ccc(NC)cc1)c1ccccc1C. The van der Waals surface area contributed by atoms with Gasteiger partial charge in [0.1, 0.15) is 0 Å². The van der Waals surface area contributed by atoms with E-state index in [0.29, 0.717) is 0 Å². The van der Waals surface area contributed by atoms with Crippen LogP contribution in [0.15, 0.2) is 81.6 Å². The standard InChI is InChI=1S/C26H34N4/c1-7-28-17-20(3)22(5)30-26(25-11-9-8-10-19(25)2)16-21(4)29-18-23-12-14-24(27-6)15-13-23/h8-17,27,29H,7,18H2,1-6H3/b21-16+,22-20+,28-17?,30-26-. The molecule has 0 aliphatic rings. The lowest BCUT2D eigenvalue weighted by molar-refractivity contribution is 0.813. The molecule has 0 amide bonds. The van der Waals surface area contributed by atoms with Crippen LogP contribution in [0.5, 0.6) is 0 Å². The highest BCUT2D eigenvalue weighted by atomic mass is 14.9. The molecule has 0 saturated carbocycles. The number of nitrogens with zero attached hydrogens (tertiary/aromatic N) is 2. The summed E-state index contributed by atoms with van der Waals surface area (Å²) in [6, 6.07) is 16.8. The number of benzene rings is 2. The predicted molar refractivity (Wildman–Crippen MR) is 132 cm³/mol. The number of hydrogen-bond acceptors (Lipinski definition) is 4. The van der Waals surface area contributed by atoms with Gasteiger partial charge in [-0.1, -0.05) is 36.4 Å². The minimum Gasteiger partial charge on any atom is -0.388 e. The molecule has 30 heavy (non-hydrogen) atoms. The topological polar surface area (TPSA) is 48.8 Å². The molecule has 0 aliphatic heterocycles. The molecular formula is C26H34N4. The lowest BCUT2D eigenvalue weighted by Crippen LogP contribution is -2.13. The van der Waals surface area contributed by atoms with Gasteiger partial charge in [-0.2, -0.15) is 0 Å². The first-order valence-electron chi connectivity index (χ1n) is 10.5. The largest absolute Gasteiger partial charge is 0.388 e. The van der Waals surface area contributed by atoms with Crippen molar-refractivity contribution in [3.63, 3.8) is 0 Å². The Morgan fingerprint density at radius 3 is 2.33 bits per heavy atom. The van der Waals surface area contributed by atoms with Crippen LogP contribution >= 0.6 is 0 Å². The lowest BCUT2D eigenvalue weighted by atomic mass is 10.0. The zero-order chi connectivity index (χ0) is 21.9. The van der Waals surface area contributed by atoms with Crippen LogP contribution in [0, 0.1) is 6.92 Å². The highest BCUT2D eigenvalue weighted by Gasteiger charge is 2.06. The fraction of sp³-hybridized carbons (Fsp3) is 0.308. The molecule has 4 nitrogen and oxygen atoms in total. The third-order valence-electron chi connectivity index (χ3n) is 4.91. The summed E-state index contributed by atoms with van der Waals surface area (Å²) in [6.45, 7) is 11.9. The van der Waals surface area contributed by atoms with Gasteiger partial charge in [0.15, 0.2) is 0 Å². The number of rotatable bonds is 9. The van der Waals surface area contributed by atoms with E-state index in [9.17, 15) is 0 Å². The second kappa shape index (κ2) is 11.8. The summed E-state index contributed by atoms with van der Waals surface area (Å²) in [6.07, 6.45) is 4.02. The summed E-state index contributed by atoms with van der Waals surface area (Å²) < 4.78 is 0. The minimum atomic E-state index is 0.768. The van der Waals surface area contributed by atoms with Crippen LogP contribution in [-0.4, -0.2) is 25.5 Å². The van der Waals surface area contributed by atoms with E-state index in [1.807, 2.05) is 27.1 Å². The molecule has 0 saturated heterocycles. The average molecular weight is 403 g/mol. The fourth-order valence-electron chi connectivity index (χ4n) is 2.91. The molecular weight excluding hydrogens is 368 g/mol. The molecule has 2 N–H and O–H groups in total. The molecule has 2 rings (SSSR count). The van der Waals surface area contributed by atoms with Crippen LogP contribution in [0.25, 0.3) is 0 Å². The molecule has 2 aromatic carbocycles. The smallest absolute Gasteiger partial charge is 0.0725 e. The summed E-state index contributed by atoms with van der Waals surface area (Å²) >= 11 is 0. The van der Waals surface area contributed by atoms with Crippen molar-refractivity contribution in [2.24, 2.45) is 9.98 Å². The van der Waals surface area contributed by atoms with Crippen molar-refractivity contribution in [1.82, 2.24) is 5.32 Å². The Balaban J connectivity index is 2.30. The van der Waals surface area contributed by atoms with E-state index in [0.717, 1.165) is 47.0 Å². The molecule has 0 atom stereocenters. The van der Waals surface area contributed by atoms with Crippen molar-refractivity contribution in [3.05, 3.63) is 88.3 Å². The molecule has 0 aliphatic carbocycles. The molecule has 2 aromatic rings. The summed E-state index contributed by atoms with van der Waals surface area (Å²) in [5.41, 5.74) is 8.76. The first kappa shape index (κ1) is 23.1. The van der Waals surface area contributed by atoms with Gasteiger partial charge >= 0.3 is 0 Å². The third kappa shape index (κ3) is 7.03. The van der Waals surface area contributed by atoms with Crippen LogP contribution in [0.2, 0.25) is 0 Å². The van der Waals surface area contributed by atoms with Gasteiger partial charge in [0.25, 0.3) is 0 Å². The summed E-state index contributed by atoms with van der Waals surface area (Å²) in [7, 11) is 1.93. The van der Waals surface area contributed by atoms with Crippen LogP contribution in [0.1, 0.15) is 44.4 Å². The molecule has 0 unspecified atom stereocenters. The summed E-state index contributed by atoms with van der Waals surface area (Å²) in [5.74, 6) is 0. The third-order valence-corrected chi connectivity index (χ3v) is 4.91. The predicted octanol–water partition coefficient (Wildman–Crippen LogP) is 5.90. The summed E-state index contributed by atoms with van der Waals surface area (Å²) in [5, 5.41) is 6.66. The van der Waals surface area contributed by atoms with Crippen LogP contribution in [-0.2, 0) is 6.54 Å². The van der Waals surface area contributed by atoms with E-state index in [-0.39, 0.29) is 0 Å². The quantitative estimate of drug-likeness (QED) is 0.513. The zero-order valence-corrected chi connectivity index (χ0v) is 19.1. The van der Waals surface area contributed by atoms with E-state index < -0.39 is 0 Å². The number of anilines is 1. The molecule has 4 heteroatoms. The number of hydrogen-bond donors (Lipinski definition) is 2. The highest BCUT2D eigenvalue weighted by Crippen LogP contribution is 2.15. The van der Waals surface area contributed by atoms with Crippen LogP contribution < -0.4 is 10.6 Å². The van der Waals surface area contributed by atoms with E-state index in [1.165, 1.54) is 11.1 Å². The Morgan fingerprint density at radius 2 is 1.70 bits per heavy atom. The molecule has 0 spiro atoms. The number of aryl methyl sites for hydroxylation is 1. The Labute approximate surface area is 181 Å². The van der Waals surface area contributed by atoms with Crippen LogP contribution in [0.3, 0.4) is 0 Å². The van der Waals surface area contributed by atoms with E-state index in [1.54, 1.807) is 0 Å². The van der Waals surface area contributed by atoms with Gasteiger partial charge < -0.3 is 10.6 Å². The van der Waals surface area contributed by atoms with E-state index in [2.05, 4.69) is 91.0 Å². The first-order valence-corrected chi connectivity index (χ1v) is 10.5. The van der Waals surface area contributed by atoms with Gasteiger partial charge in [-0.15, -0.1) is 0 Å². The van der Waals surface area contributed by atoms with Crippen LogP contribution in [0.4, 0.5) is 5.69 Å². The summed E-state index contributed by atoms with van der Waals surface area (Å²) in [4.78, 5) is 9.30. The maximum absolute atomic E-state index is 4.96. The minimum absolute atomic E-state index is 0.768. The van der Waals surface area contributed by atoms with Crippen molar-refractivity contribution in [1.29, 1.82) is 0 Å². The second-order valence-electron chi connectivity index (χ2n) is 7.34. The number of allylic oxidation sites excluding steroid dienone is 4. The Hall–Kier alpha value is -3.14. The van der Waals surface area contributed by atoms with E-state index in [4.69, 9.17) is 4.99 Å². The average Bonchev–Trinajstić information content (AvgIpc) is 2.76. The van der Waals surface area contributed by atoms with E-state index >= 15 is 0 Å². The molecule has 0 aromatic heterocycles. The number of aliphatic imine (C=N–C) groups is 2. The highest BCUT2D eigenvalue weighted by molar-refractivity contribution is 6.10.